The first-order valence-electron chi connectivity index (χ1n) is 12.1. The molecule has 0 unspecified atom stereocenters. The van der Waals surface area contributed by atoms with Crippen LogP contribution in [-0.4, -0.2) is 53.9 Å². The van der Waals surface area contributed by atoms with Crippen molar-refractivity contribution >= 4 is 40.5 Å². The molecule has 182 valence electrons. The zero-order valence-corrected chi connectivity index (χ0v) is 20.2. The van der Waals surface area contributed by atoms with Gasteiger partial charge in [-0.2, -0.15) is 5.01 Å². The lowest BCUT2D eigenvalue weighted by Gasteiger charge is -2.33. The molecule has 3 N–H and O–H groups in total. The van der Waals surface area contributed by atoms with E-state index in [9.17, 15) is 14.4 Å². The molecule has 1 aromatic carbocycles. The third-order valence-electron chi connectivity index (χ3n) is 7.27. The number of rotatable bonds is 6. The highest BCUT2D eigenvalue weighted by molar-refractivity contribution is 7.99. The number of para-hydroxylation sites is 1. The van der Waals surface area contributed by atoms with Gasteiger partial charge in [-0.15, -0.1) is 10.2 Å². The highest BCUT2D eigenvalue weighted by Gasteiger charge is 2.52. The summed E-state index contributed by atoms with van der Waals surface area (Å²) in [6.45, 7) is 2.15. The third kappa shape index (κ3) is 3.87. The number of hydrogen-bond acceptors (Lipinski definition) is 6. The second-order valence-electron chi connectivity index (χ2n) is 9.81. The van der Waals surface area contributed by atoms with Crippen LogP contribution in [-0.2, 0) is 9.59 Å². The smallest absolute Gasteiger partial charge is 0.344 e. The molecule has 1 aliphatic heterocycles. The van der Waals surface area contributed by atoms with Gasteiger partial charge in [-0.1, -0.05) is 36.9 Å². The molecule has 2 aromatic heterocycles. The Morgan fingerprint density at radius 1 is 1.17 bits per heavy atom. The van der Waals surface area contributed by atoms with Crippen molar-refractivity contribution in [1.29, 1.82) is 0 Å². The van der Waals surface area contributed by atoms with Gasteiger partial charge in [0.2, 0.25) is 5.91 Å². The molecule has 35 heavy (non-hydrogen) atoms. The van der Waals surface area contributed by atoms with Crippen LogP contribution in [0, 0.1) is 5.92 Å². The lowest BCUT2D eigenvalue weighted by molar-refractivity contribution is -0.139. The number of carbonyl (C=O) groups excluding carboxylic acids is 3. The number of aromatic amines is 1. The number of hydrazine groups is 1. The summed E-state index contributed by atoms with van der Waals surface area (Å²) < 4.78 is 2.10. The standard InChI is InChI=1S/C24H27N7O3S/c1-14-8-10-24(11-9-14)21(33)31(22(34)26-24)29-19(32)13-35-23-28-27-20(30(23)15-6-7-15)17-12-25-18-5-3-2-4-16(17)18/h2-5,12,14-15,25H,6-11,13H2,1H3,(H,26,34)(H,29,32). The lowest BCUT2D eigenvalue weighted by Crippen LogP contribution is -2.51. The second-order valence-corrected chi connectivity index (χ2v) is 10.8. The molecule has 3 aliphatic rings. The van der Waals surface area contributed by atoms with Gasteiger partial charge >= 0.3 is 6.03 Å². The molecule has 3 aromatic rings. The van der Waals surface area contributed by atoms with Crippen LogP contribution in [0.25, 0.3) is 22.3 Å². The summed E-state index contributed by atoms with van der Waals surface area (Å²) in [7, 11) is 0. The van der Waals surface area contributed by atoms with Crippen LogP contribution in [0.3, 0.4) is 0 Å². The molecule has 10 nitrogen and oxygen atoms in total. The van der Waals surface area contributed by atoms with Gasteiger partial charge in [-0.3, -0.25) is 19.6 Å². The van der Waals surface area contributed by atoms with Crippen molar-refractivity contribution in [3.05, 3.63) is 30.5 Å². The van der Waals surface area contributed by atoms with Gasteiger partial charge in [0.05, 0.1) is 5.75 Å². The second kappa shape index (κ2) is 8.40. The van der Waals surface area contributed by atoms with Gasteiger partial charge < -0.3 is 10.3 Å². The van der Waals surface area contributed by atoms with Gasteiger partial charge in [-0.05, 0) is 50.5 Å². The minimum atomic E-state index is -0.885. The maximum absolute atomic E-state index is 13.0. The van der Waals surface area contributed by atoms with Gasteiger partial charge in [-0.25, -0.2) is 4.79 Å². The summed E-state index contributed by atoms with van der Waals surface area (Å²) in [5.74, 6) is 0.521. The Kier molecular flexibility index (Phi) is 5.32. The van der Waals surface area contributed by atoms with E-state index in [4.69, 9.17) is 0 Å². The minimum Gasteiger partial charge on any atom is -0.360 e. The zero-order valence-electron chi connectivity index (χ0n) is 19.4. The summed E-state index contributed by atoms with van der Waals surface area (Å²) in [6, 6.07) is 7.78. The van der Waals surface area contributed by atoms with Crippen LogP contribution < -0.4 is 10.7 Å². The van der Waals surface area contributed by atoms with Crippen LogP contribution in [0.5, 0.6) is 0 Å². The van der Waals surface area contributed by atoms with Crippen molar-refractivity contribution in [1.82, 2.24) is 35.5 Å². The van der Waals surface area contributed by atoms with E-state index < -0.39 is 17.5 Å². The molecular formula is C24H27N7O3S. The number of imide groups is 1. The normalized spacial score (nSPS) is 24.4. The average Bonchev–Trinajstić information content (AvgIpc) is 3.40. The number of thioether (sulfide) groups is 1. The van der Waals surface area contributed by atoms with Crippen molar-refractivity contribution in [2.75, 3.05) is 5.75 Å². The molecule has 1 spiro atoms. The molecular weight excluding hydrogens is 466 g/mol. The summed E-state index contributed by atoms with van der Waals surface area (Å²) in [6.07, 6.45) is 6.96. The summed E-state index contributed by atoms with van der Waals surface area (Å²) >= 11 is 1.26. The fourth-order valence-electron chi connectivity index (χ4n) is 5.08. The van der Waals surface area contributed by atoms with Crippen molar-refractivity contribution in [3.8, 4) is 11.4 Å². The Hall–Kier alpha value is -3.34. The van der Waals surface area contributed by atoms with Gasteiger partial charge in [0.25, 0.3) is 5.91 Å². The first kappa shape index (κ1) is 22.1. The Balaban J connectivity index is 1.15. The van der Waals surface area contributed by atoms with Gasteiger partial charge in [0, 0.05) is 28.7 Å². The van der Waals surface area contributed by atoms with E-state index in [1.165, 1.54) is 11.8 Å². The van der Waals surface area contributed by atoms with Crippen LogP contribution in [0.4, 0.5) is 4.79 Å². The molecule has 4 amide bonds. The lowest BCUT2D eigenvalue weighted by atomic mass is 9.77. The van der Waals surface area contributed by atoms with E-state index >= 15 is 0 Å². The van der Waals surface area contributed by atoms with Crippen LogP contribution in [0.2, 0.25) is 0 Å². The van der Waals surface area contributed by atoms with E-state index in [0.717, 1.165) is 53.0 Å². The highest BCUT2D eigenvalue weighted by Crippen LogP contribution is 2.42. The number of nitrogens with one attached hydrogen (secondary N) is 3. The number of amides is 4. The van der Waals surface area contributed by atoms with Gasteiger partial charge in [0.1, 0.15) is 5.54 Å². The quantitative estimate of drug-likeness (QED) is 0.357. The number of H-pyrrole nitrogens is 1. The summed E-state index contributed by atoms with van der Waals surface area (Å²) in [4.78, 5) is 41.5. The molecule has 6 rings (SSSR count). The predicted molar refractivity (Wildman–Crippen MR) is 130 cm³/mol. The number of nitrogens with zero attached hydrogens (tertiary/aromatic N) is 4. The maximum Gasteiger partial charge on any atom is 0.344 e. The van der Waals surface area contributed by atoms with E-state index in [1.807, 2.05) is 30.5 Å². The SMILES string of the molecule is CC1CCC2(CC1)NC(=O)N(NC(=O)CSc1nnc(-c3c[nH]c4ccccc34)n1C1CC1)C2=O. The average molecular weight is 494 g/mol. The predicted octanol–water partition coefficient (Wildman–Crippen LogP) is 3.39. The topological polar surface area (TPSA) is 125 Å². The Morgan fingerprint density at radius 3 is 2.71 bits per heavy atom. The van der Waals surface area contributed by atoms with E-state index in [-0.39, 0.29) is 11.7 Å². The zero-order chi connectivity index (χ0) is 24.2. The highest BCUT2D eigenvalue weighted by atomic mass is 32.2. The third-order valence-corrected chi connectivity index (χ3v) is 8.21. The van der Waals surface area contributed by atoms with Crippen molar-refractivity contribution < 1.29 is 14.4 Å². The minimum absolute atomic E-state index is 0.0137. The number of carbonyl (C=O) groups is 3. The molecule has 2 aliphatic carbocycles. The monoisotopic (exact) mass is 493 g/mol. The van der Waals surface area contributed by atoms with Crippen molar-refractivity contribution in [2.24, 2.45) is 5.92 Å². The van der Waals surface area contributed by atoms with E-state index in [1.54, 1.807) is 0 Å². The number of benzene rings is 1. The Morgan fingerprint density at radius 2 is 1.94 bits per heavy atom. The fraction of sp³-hybridized carbons (Fsp3) is 0.458. The molecule has 1 saturated heterocycles. The van der Waals surface area contributed by atoms with Crippen LogP contribution in [0.1, 0.15) is 51.5 Å². The molecule has 0 atom stereocenters. The van der Waals surface area contributed by atoms with Crippen LogP contribution in [0.15, 0.2) is 35.6 Å². The number of hydrogen-bond donors (Lipinski definition) is 3. The number of urea groups is 1. The molecule has 0 bridgehead atoms. The van der Waals surface area contributed by atoms with Crippen LogP contribution >= 0.6 is 11.8 Å². The summed E-state index contributed by atoms with van der Waals surface area (Å²) in [5, 5.41) is 14.2. The first-order valence-corrected chi connectivity index (χ1v) is 13.0. The van der Waals surface area contributed by atoms with E-state index in [0.29, 0.717) is 30.0 Å². The van der Waals surface area contributed by atoms with Crippen molar-refractivity contribution in [3.63, 3.8) is 0 Å². The largest absolute Gasteiger partial charge is 0.360 e. The Labute approximate surface area is 206 Å². The molecule has 2 saturated carbocycles. The number of fused-ring (bicyclic) bond motifs is 1. The molecule has 11 heteroatoms. The maximum atomic E-state index is 13.0. The molecule has 3 fully saturated rings. The van der Waals surface area contributed by atoms with E-state index in [2.05, 4.69) is 37.4 Å². The number of aromatic nitrogens is 4. The molecule has 0 radical (unpaired) electrons. The van der Waals surface area contributed by atoms with Gasteiger partial charge in [0.15, 0.2) is 11.0 Å². The fourth-order valence-corrected chi connectivity index (χ4v) is 5.88. The first-order chi connectivity index (χ1) is 16.9. The Bertz CT molecular complexity index is 1320. The van der Waals surface area contributed by atoms with Crippen molar-refractivity contribution in [2.45, 2.75) is 62.2 Å². The molecule has 3 heterocycles. The summed E-state index contributed by atoms with van der Waals surface area (Å²) in [5.41, 5.74) is 3.62.